The molecule has 2 heterocycles. The van der Waals surface area contributed by atoms with Gasteiger partial charge in [0.05, 0.1) is 17.6 Å². The van der Waals surface area contributed by atoms with Gasteiger partial charge in [-0.05, 0) is 6.42 Å². The Balaban J connectivity index is 1.92. The van der Waals surface area contributed by atoms with Crippen LogP contribution in [0.15, 0.2) is 41.9 Å². The van der Waals surface area contributed by atoms with Gasteiger partial charge < -0.3 is 5.32 Å². The molecule has 3 rings (SSSR count). The molecule has 6 heteroatoms. The Labute approximate surface area is 139 Å². The smallest absolute Gasteiger partial charge is 0.226 e. The van der Waals surface area contributed by atoms with Crippen molar-refractivity contribution in [2.24, 2.45) is 7.05 Å². The highest BCUT2D eigenvalue weighted by Gasteiger charge is 2.15. The molecule has 3 aromatic rings. The van der Waals surface area contributed by atoms with Crippen LogP contribution in [0.1, 0.15) is 19.8 Å². The van der Waals surface area contributed by atoms with Crippen LogP contribution < -0.4 is 5.32 Å². The molecule has 0 fully saturated rings. The standard InChI is InChI=1S/C17H18N4OS/c1-3-7-15(22)20-17-19-14(11-23-17)13-10-18-21(2)16(13)12-8-5-4-6-9-12/h4-6,8-11H,3,7H2,1-2H3,(H,19,20,22). The van der Waals surface area contributed by atoms with Crippen molar-refractivity contribution in [2.45, 2.75) is 19.8 Å². The molecule has 0 saturated heterocycles. The first kappa shape index (κ1) is 15.4. The maximum atomic E-state index is 11.7. The number of rotatable bonds is 5. The fourth-order valence-corrected chi connectivity index (χ4v) is 3.15. The molecule has 118 valence electrons. The highest BCUT2D eigenvalue weighted by Crippen LogP contribution is 2.33. The van der Waals surface area contributed by atoms with Crippen LogP contribution in [0.2, 0.25) is 0 Å². The quantitative estimate of drug-likeness (QED) is 0.772. The van der Waals surface area contributed by atoms with Crippen LogP contribution in [0.5, 0.6) is 0 Å². The molecule has 2 aromatic heterocycles. The Hall–Kier alpha value is -2.47. The van der Waals surface area contributed by atoms with E-state index in [1.807, 2.05) is 48.4 Å². The average molecular weight is 326 g/mol. The van der Waals surface area contributed by atoms with E-state index in [-0.39, 0.29) is 5.91 Å². The Bertz CT molecular complexity index is 807. The summed E-state index contributed by atoms with van der Waals surface area (Å²) in [5, 5.41) is 9.78. The largest absolute Gasteiger partial charge is 0.302 e. The molecular formula is C17H18N4OS. The van der Waals surface area contributed by atoms with Crippen LogP contribution in [0.3, 0.4) is 0 Å². The van der Waals surface area contributed by atoms with Gasteiger partial charge in [-0.25, -0.2) is 4.98 Å². The van der Waals surface area contributed by atoms with E-state index in [4.69, 9.17) is 0 Å². The fraction of sp³-hybridized carbons (Fsp3) is 0.235. The van der Waals surface area contributed by atoms with Crippen molar-refractivity contribution in [3.8, 4) is 22.5 Å². The maximum absolute atomic E-state index is 11.7. The van der Waals surface area contributed by atoms with E-state index in [1.54, 1.807) is 0 Å². The second-order valence-electron chi connectivity index (χ2n) is 5.23. The monoisotopic (exact) mass is 326 g/mol. The number of nitrogens with one attached hydrogen (secondary N) is 1. The first-order valence-corrected chi connectivity index (χ1v) is 8.40. The summed E-state index contributed by atoms with van der Waals surface area (Å²) in [6.07, 6.45) is 3.15. The molecule has 0 unspecified atom stereocenters. The molecule has 0 radical (unpaired) electrons. The van der Waals surface area contributed by atoms with E-state index in [2.05, 4.69) is 27.5 Å². The van der Waals surface area contributed by atoms with Gasteiger partial charge >= 0.3 is 0 Å². The minimum atomic E-state index is 0.00266. The highest BCUT2D eigenvalue weighted by molar-refractivity contribution is 7.14. The predicted octanol–water partition coefficient (Wildman–Crippen LogP) is 3.95. The van der Waals surface area contributed by atoms with Crippen LogP contribution in [0, 0.1) is 0 Å². The number of anilines is 1. The van der Waals surface area contributed by atoms with E-state index >= 15 is 0 Å². The summed E-state index contributed by atoms with van der Waals surface area (Å²) in [7, 11) is 1.92. The average Bonchev–Trinajstić information content (AvgIpc) is 3.15. The van der Waals surface area contributed by atoms with Gasteiger partial charge in [0.15, 0.2) is 5.13 Å². The second-order valence-corrected chi connectivity index (χ2v) is 6.09. The number of thiazole rings is 1. The highest BCUT2D eigenvalue weighted by atomic mass is 32.1. The van der Waals surface area contributed by atoms with Gasteiger partial charge in [-0.2, -0.15) is 5.10 Å². The van der Waals surface area contributed by atoms with Crippen molar-refractivity contribution in [1.29, 1.82) is 0 Å². The van der Waals surface area contributed by atoms with Gasteiger partial charge in [-0.15, -0.1) is 11.3 Å². The first-order chi connectivity index (χ1) is 11.2. The molecule has 0 saturated carbocycles. The van der Waals surface area contributed by atoms with Gasteiger partial charge in [0, 0.05) is 30.0 Å². The zero-order valence-corrected chi connectivity index (χ0v) is 13.9. The lowest BCUT2D eigenvalue weighted by Crippen LogP contribution is -2.10. The van der Waals surface area contributed by atoms with E-state index in [1.165, 1.54) is 11.3 Å². The minimum absolute atomic E-state index is 0.00266. The molecule has 0 spiro atoms. The summed E-state index contributed by atoms with van der Waals surface area (Å²) in [6, 6.07) is 10.1. The SMILES string of the molecule is CCCC(=O)Nc1nc(-c2cnn(C)c2-c2ccccc2)cs1. The van der Waals surface area contributed by atoms with Crippen LogP contribution in [0.25, 0.3) is 22.5 Å². The molecule has 1 amide bonds. The zero-order chi connectivity index (χ0) is 16.2. The third kappa shape index (κ3) is 3.32. The number of benzene rings is 1. The number of nitrogens with zero attached hydrogens (tertiary/aromatic N) is 3. The van der Waals surface area contributed by atoms with Gasteiger partial charge in [0.25, 0.3) is 0 Å². The van der Waals surface area contributed by atoms with Crippen molar-refractivity contribution in [3.05, 3.63) is 41.9 Å². The van der Waals surface area contributed by atoms with Gasteiger partial charge in [-0.3, -0.25) is 9.48 Å². The third-order valence-corrected chi connectivity index (χ3v) is 4.25. The van der Waals surface area contributed by atoms with Crippen molar-refractivity contribution in [1.82, 2.24) is 14.8 Å². The summed E-state index contributed by atoms with van der Waals surface area (Å²) in [4.78, 5) is 16.2. The van der Waals surface area contributed by atoms with Crippen molar-refractivity contribution in [3.63, 3.8) is 0 Å². The molecule has 0 aliphatic rings. The molecule has 23 heavy (non-hydrogen) atoms. The molecule has 0 bridgehead atoms. The van der Waals surface area contributed by atoms with Crippen LogP contribution in [0.4, 0.5) is 5.13 Å². The lowest BCUT2D eigenvalue weighted by molar-refractivity contribution is -0.116. The number of carbonyl (C=O) groups excluding carboxylic acids is 1. The summed E-state index contributed by atoms with van der Waals surface area (Å²) < 4.78 is 1.85. The lowest BCUT2D eigenvalue weighted by atomic mass is 10.1. The molecule has 5 nitrogen and oxygen atoms in total. The zero-order valence-electron chi connectivity index (χ0n) is 13.1. The number of hydrogen-bond acceptors (Lipinski definition) is 4. The predicted molar refractivity (Wildman–Crippen MR) is 93.3 cm³/mol. The van der Waals surface area contributed by atoms with E-state index < -0.39 is 0 Å². The first-order valence-electron chi connectivity index (χ1n) is 7.52. The molecular weight excluding hydrogens is 308 g/mol. The number of aryl methyl sites for hydroxylation is 1. The maximum Gasteiger partial charge on any atom is 0.226 e. The third-order valence-electron chi connectivity index (χ3n) is 3.49. The summed E-state index contributed by atoms with van der Waals surface area (Å²) in [6.45, 7) is 1.98. The summed E-state index contributed by atoms with van der Waals surface area (Å²) in [5.41, 5.74) is 3.90. The lowest BCUT2D eigenvalue weighted by Gasteiger charge is -2.04. The van der Waals surface area contributed by atoms with Gasteiger partial charge in [0.1, 0.15) is 0 Å². The normalized spacial score (nSPS) is 10.7. The van der Waals surface area contributed by atoms with Crippen LogP contribution in [-0.2, 0) is 11.8 Å². The summed E-state index contributed by atoms with van der Waals surface area (Å²) >= 11 is 1.43. The number of amides is 1. The van der Waals surface area contributed by atoms with E-state index in [0.717, 1.165) is 28.9 Å². The van der Waals surface area contributed by atoms with E-state index in [9.17, 15) is 4.79 Å². The van der Waals surface area contributed by atoms with Crippen molar-refractivity contribution >= 4 is 22.4 Å². The van der Waals surface area contributed by atoms with Crippen LogP contribution >= 0.6 is 11.3 Å². The minimum Gasteiger partial charge on any atom is -0.302 e. The summed E-state index contributed by atoms with van der Waals surface area (Å²) in [5.74, 6) is 0.00266. The molecule has 1 N–H and O–H groups in total. The molecule has 0 atom stereocenters. The Morgan fingerprint density at radius 2 is 2.09 bits per heavy atom. The van der Waals surface area contributed by atoms with Gasteiger partial charge in [-0.1, -0.05) is 37.3 Å². The molecule has 0 aliphatic carbocycles. The Morgan fingerprint density at radius 1 is 1.30 bits per heavy atom. The van der Waals surface area contributed by atoms with Crippen molar-refractivity contribution in [2.75, 3.05) is 5.32 Å². The Kier molecular flexibility index (Phi) is 4.52. The van der Waals surface area contributed by atoms with Crippen molar-refractivity contribution < 1.29 is 4.79 Å². The van der Waals surface area contributed by atoms with E-state index in [0.29, 0.717) is 11.6 Å². The Morgan fingerprint density at radius 3 is 2.83 bits per heavy atom. The second kappa shape index (κ2) is 6.75. The van der Waals surface area contributed by atoms with Gasteiger partial charge in [0.2, 0.25) is 5.91 Å². The number of carbonyl (C=O) groups is 1. The topological polar surface area (TPSA) is 59.8 Å². The molecule has 1 aromatic carbocycles. The van der Waals surface area contributed by atoms with Crippen LogP contribution in [-0.4, -0.2) is 20.7 Å². The fourth-order valence-electron chi connectivity index (χ4n) is 2.43. The number of aromatic nitrogens is 3. The number of hydrogen-bond donors (Lipinski definition) is 1. The molecule has 0 aliphatic heterocycles.